The molecule has 0 radical (unpaired) electrons. The van der Waals surface area contributed by atoms with E-state index in [2.05, 4.69) is 59.1 Å². The lowest BCUT2D eigenvalue weighted by Gasteiger charge is -2.27. The van der Waals surface area contributed by atoms with Crippen LogP contribution in [-0.4, -0.2) is 17.3 Å². The summed E-state index contributed by atoms with van der Waals surface area (Å²) in [7, 11) is 0. The predicted molar refractivity (Wildman–Crippen MR) is 81.1 cm³/mol. The van der Waals surface area contributed by atoms with Crippen molar-refractivity contribution >= 4 is 22.6 Å². The highest BCUT2D eigenvalue weighted by Gasteiger charge is 2.22. The molecule has 0 heterocycles. The first kappa shape index (κ1) is 14.9. The first-order valence-corrected chi connectivity index (χ1v) is 7.30. The number of aliphatic hydroxyl groups is 1. The summed E-state index contributed by atoms with van der Waals surface area (Å²) >= 11 is 2.31. The molecule has 0 bridgehead atoms. The Hall–Kier alpha value is -0.130. The van der Waals surface area contributed by atoms with Gasteiger partial charge in [0.05, 0.1) is 5.60 Å². The molecule has 1 atom stereocenters. The van der Waals surface area contributed by atoms with E-state index in [1.807, 2.05) is 13.8 Å². The van der Waals surface area contributed by atoms with E-state index in [1.54, 1.807) is 0 Å². The van der Waals surface area contributed by atoms with Gasteiger partial charge >= 0.3 is 0 Å². The molecule has 0 fully saturated rings. The van der Waals surface area contributed by atoms with Gasteiger partial charge in [-0.15, -0.1) is 0 Å². The molecule has 2 N–H and O–H groups in total. The zero-order chi connectivity index (χ0) is 12.9. The number of benzene rings is 1. The minimum absolute atomic E-state index is 0.275. The molecular weight excluding hydrogens is 325 g/mol. The van der Waals surface area contributed by atoms with Crippen LogP contribution in [0.2, 0.25) is 0 Å². The average Bonchev–Trinajstić information content (AvgIpc) is 2.36. The van der Waals surface area contributed by atoms with Gasteiger partial charge in [-0.05, 0) is 60.1 Å². The second-order valence-corrected chi connectivity index (χ2v) is 5.83. The van der Waals surface area contributed by atoms with Crippen molar-refractivity contribution < 1.29 is 5.11 Å². The molecule has 2 nitrogen and oxygen atoms in total. The third kappa shape index (κ3) is 4.56. The number of nitrogens with one attached hydrogen (secondary N) is 1. The van der Waals surface area contributed by atoms with Gasteiger partial charge in [0.25, 0.3) is 0 Å². The van der Waals surface area contributed by atoms with Gasteiger partial charge in [0, 0.05) is 16.2 Å². The number of hydrogen-bond donors (Lipinski definition) is 2. The van der Waals surface area contributed by atoms with E-state index >= 15 is 0 Å². The van der Waals surface area contributed by atoms with Gasteiger partial charge in [0.15, 0.2) is 0 Å². The van der Waals surface area contributed by atoms with Crippen molar-refractivity contribution in [1.82, 2.24) is 5.32 Å². The highest BCUT2D eigenvalue weighted by molar-refractivity contribution is 14.1. The van der Waals surface area contributed by atoms with E-state index in [0.29, 0.717) is 6.54 Å². The Morgan fingerprint density at radius 1 is 1.24 bits per heavy atom. The van der Waals surface area contributed by atoms with Gasteiger partial charge in [0.2, 0.25) is 0 Å². The lowest BCUT2D eigenvalue weighted by Crippen LogP contribution is -2.40. The summed E-state index contributed by atoms with van der Waals surface area (Å²) in [5.41, 5.74) is 0.692. The van der Waals surface area contributed by atoms with Crippen LogP contribution in [0.1, 0.15) is 45.2 Å². The molecule has 0 aromatic heterocycles. The molecule has 1 rings (SSSR count). The van der Waals surface area contributed by atoms with Gasteiger partial charge < -0.3 is 10.4 Å². The Morgan fingerprint density at radius 3 is 2.24 bits per heavy atom. The summed E-state index contributed by atoms with van der Waals surface area (Å²) in [5.74, 6) is 0. The summed E-state index contributed by atoms with van der Waals surface area (Å²) in [5, 5.41) is 13.6. The highest BCUT2D eigenvalue weighted by Crippen LogP contribution is 2.18. The zero-order valence-electron chi connectivity index (χ0n) is 10.8. The van der Waals surface area contributed by atoms with E-state index in [4.69, 9.17) is 0 Å². The van der Waals surface area contributed by atoms with E-state index in [9.17, 15) is 5.11 Å². The number of hydrogen-bond acceptors (Lipinski definition) is 2. The van der Waals surface area contributed by atoms with Crippen LogP contribution >= 0.6 is 22.6 Å². The quantitative estimate of drug-likeness (QED) is 0.772. The Balaban J connectivity index is 2.55. The number of halogens is 1. The minimum Gasteiger partial charge on any atom is -0.389 e. The Labute approximate surface area is 118 Å². The largest absolute Gasteiger partial charge is 0.389 e. The molecule has 17 heavy (non-hydrogen) atoms. The van der Waals surface area contributed by atoms with Crippen LogP contribution < -0.4 is 5.32 Å². The minimum atomic E-state index is -0.572. The average molecular weight is 347 g/mol. The van der Waals surface area contributed by atoms with Crippen molar-refractivity contribution in [2.75, 3.05) is 6.54 Å². The van der Waals surface area contributed by atoms with Crippen LogP contribution in [0.25, 0.3) is 0 Å². The maximum Gasteiger partial charge on any atom is 0.0766 e. The SMILES string of the molecule is CCC(O)(CC)CNC(C)c1ccc(I)cc1. The normalized spacial score (nSPS) is 13.7. The lowest BCUT2D eigenvalue weighted by atomic mass is 9.97. The van der Waals surface area contributed by atoms with Crippen LogP contribution in [-0.2, 0) is 0 Å². The fourth-order valence-electron chi connectivity index (χ4n) is 1.71. The molecule has 1 aromatic carbocycles. The monoisotopic (exact) mass is 347 g/mol. The second-order valence-electron chi connectivity index (χ2n) is 4.59. The first-order valence-electron chi connectivity index (χ1n) is 6.22. The molecule has 0 saturated carbocycles. The van der Waals surface area contributed by atoms with Crippen molar-refractivity contribution in [3.8, 4) is 0 Å². The molecular formula is C14H22INO. The van der Waals surface area contributed by atoms with Crippen molar-refractivity contribution in [1.29, 1.82) is 0 Å². The van der Waals surface area contributed by atoms with Gasteiger partial charge in [-0.1, -0.05) is 26.0 Å². The predicted octanol–water partition coefficient (Wildman–Crippen LogP) is 3.49. The third-order valence-electron chi connectivity index (χ3n) is 3.42. The Morgan fingerprint density at radius 2 is 1.76 bits per heavy atom. The summed E-state index contributed by atoms with van der Waals surface area (Å²) in [6.07, 6.45) is 1.58. The fraction of sp³-hybridized carbons (Fsp3) is 0.571. The third-order valence-corrected chi connectivity index (χ3v) is 4.14. The Kier molecular flexibility index (Phi) is 5.89. The molecule has 0 aliphatic heterocycles. The van der Waals surface area contributed by atoms with E-state index in [0.717, 1.165) is 12.8 Å². The first-order chi connectivity index (χ1) is 8.00. The molecule has 3 heteroatoms. The van der Waals surface area contributed by atoms with Crippen LogP contribution in [0.5, 0.6) is 0 Å². The van der Waals surface area contributed by atoms with Crippen LogP contribution in [0, 0.1) is 3.57 Å². The summed E-state index contributed by atoms with van der Waals surface area (Å²) in [6, 6.07) is 8.77. The maximum absolute atomic E-state index is 10.2. The standard InChI is InChI=1S/C14H22INO/c1-4-14(17,5-2)10-16-11(3)12-6-8-13(15)9-7-12/h6-9,11,16-17H,4-5,10H2,1-3H3. The summed E-state index contributed by atoms with van der Waals surface area (Å²) in [6.45, 7) is 6.84. The molecule has 0 aliphatic carbocycles. The van der Waals surface area contributed by atoms with Crippen molar-refractivity contribution in [3.63, 3.8) is 0 Å². The van der Waals surface area contributed by atoms with Crippen LogP contribution in [0.4, 0.5) is 0 Å². The smallest absolute Gasteiger partial charge is 0.0766 e. The molecule has 1 aromatic rings. The van der Waals surface area contributed by atoms with Gasteiger partial charge in [-0.2, -0.15) is 0 Å². The van der Waals surface area contributed by atoms with Gasteiger partial charge in [-0.3, -0.25) is 0 Å². The number of rotatable bonds is 6. The zero-order valence-corrected chi connectivity index (χ0v) is 13.0. The maximum atomic E-state index is 10.2. The second kappa shape index (κ2) is 6.71. The molecule has 96 valence electrons. The summed E-state index contributed by atoms with van der Waals surface area (Å²) < 4.78 is 1.25. The van der Waals surface area contributed by atoms with Crippen LogP contribution in [0.3, 0.4) is 0 Å². The lowest BCUT2D eigenvalue weighted by molar-refractivity contribution is 0.0303. The summed E-state index contributed by atoms with van der Waals surface area (Å²) in [4.78, 5) is 0. The highest BCUT2D eigenvalue weighted by atomic mass is 127. The van der Waals surface area contributed by atoms with E-state index in [1.165, 1.54) is 9.13 Å². The molecule has 0 saturated heterocycles. The van der Waals surface area contributed by atoms with Crippen molar-refractivity contribution in [3.05, 3.63) is 33.4 Å². The fourth-order valence-corrected chi connectivity index (χ4v) is 2.07. The molecule has 0 amide bonds. The molecule has 1 unspecified atom stereocenters. The van der Waals surface area contributed by atoms with E-state index < -0.39 is 5.60 Å². The van der Waals surface area contributed by atoms with Gasteiger partial charge in [0.1, 0.15) is 0 Å². The van der Waals surface area contributed by atoms with Gasteiger partial charge in [-0.25, -0.2) is 0 Å². The molecule has 0 spiro atoms. The van der Waals surface area contributed by atoms with Crippen molar-refractivity contribution in [2.24, 2.45) is 0 Å². The van der Waals surface area contributed by atoms with E-state index in [-0.39, 0.29) is 6.04 Å². The topological polar surface area (TPSA) is 32.3 Å². The Bertz CT molecular complexity index is 333. The molecule has 0 aliphatic rings. The van der Waals surface area contributed by atoms with Crippen molar-refractivity contribution in [2.45, 2.75) is 45.3 Å². The van der Waals surface area contributed by atoms with Crippen LogP contribution in [0.15, 0.2) is 24.3 Å².